The minimum atomic E-state index is -0.784. The van der Waals surface area contributed by atoms with Crippen molar-refractivity contribution in [3.05, 3.63) is 28.2 Å². The zero-order valence-corrected chi connectivity index (χ0v) is 14.7. The first-order valence-electron chi connectivity index (χ1n) is 7.64. The third-order valence-electron chi connectivity index (χ3n) is 3.77. The van der Waals surface area contributed by atoms with Crippen LogP contribution >= 0.6 is 23.2 Å². The summed E-state index contributed by atoms with van der Waals surface area (Å²) in [4.78, 5) is 37.4. The zero-order chi connectivity index (χ0) is 17.7. The maximum Gasteiger partial charge on any atom is 0.313 e. The molecule has 0 aliphatic carbocycles. The van der Waals surface area contributed by atoms with Crippen LogP contribution in [-0.4, -0.2) is 42.4 Å². The predicted octanol–water partition coefficient (Wildman–Crippen LogP) is 2.73. The lowest BCUT2D eigenvalue weighted by Crippen LogP contribution is -2.45. The van der Waals surface area contributed by atoms with Crippen molar-refractivity contribution in [1.82, 2.24) is 4.90 Å². The second-order valence-electron chi connectivity index (χ2n) is 5.40. The third kappa shape index (κ3) is 4.61. The Morgan fingerprint density at radius 1 is 1.25 bits per heavy atom. The Bertz CT molecular complexity index is 643. The molecule has 1 fully saturated rings. The van der Waals surface area contributed by atoms with Gasteiger partial charge in [-0.3, -0.25) is 14.4 Å². The molecule has 0 radical (unpaired) electrons. The van der Waals surface area contributed by atoms with Crippen molar-refractivity contribution in [1.29, 1.82) is 0 Å². The fourth-order valence-corrected chi connectivity index (χ4v) is 2.83. The topological polar surface area (TPSA) is 75.7 Å². The largest absolute Gasteiger partial charge is 0.466 e. The Kier molecular flexibility index (Phi) is 6.45. The van der Waals surface area contributed by atoms with Crippen LogP contribution in [0.15, 0.2) is 18.2 Å². The predicted molar refractivity (Wildman–Crippen MR) is 91.0 cm³/mol. The number of amides is 2. The molecule has 1 aliphatic heterocycles. The van der Waals surface area contributed by atoms with Crippen LogP contribution < -0.4 is 5.32 Å². The molecule has 6 nitrogen and oxygen atoms in total. The number of likely N-dealkylation sites (tertiary alicyclic amines) is 1. The van der Waals surface area contributed by atoms with Gasteiger partial charge in [-0.1, -0.05) is 23.2 Å². The van der Waals surface area contributed by atoms with Crippen LogP contribution in [0.4, 0.5) is 5.69 Å². The van der Waals surface area contributed by atoms with Gasteiger partial charge in [0.2, 0.25) is 0 Å². The molecular weight excluding hydrogens is 355 g/mol. The number of hydrogen-bond donors (Lipinski definition) is 1. The Hall–Kier alpha value is -1.79. The van der Waals surface area contributed by atoms with E-state index < -0.39 is 11.8 Å². The highest BCUT2D eigenvalue weighted by Crippen LogP contribution is 2.25. The first-order chi connectivity index (χ1) is 11.4. The van der Waals surface area contributed by atoms with Crippen LogP contribution in [0.3, 0.4) is 0 Å². The average Bonchev–Trinajstić information content (AvgIpc) is 2.57. The van der Waals surface area contributed by atoms with E-state index >= 15 is 0 Å². The molecule has 1 aromatic carbocycles. The van der Waals surface area contributed by atoms with Gasteiger partial charge in [0.15, 0.2) is 0 Å². The molecule has 0 aromatic heterocycles. The Balaban J connectivity index is 1.91. The van der Waals surface area contributed by atoms with Crippen LogP contribution in [0, 0.1) is 5.92 Å². The van der Waals surface area contributed by atoms with Gasteiger partial charge in [-0.25, -0.2) is 0 Å². The standard InChI is InChI=1S/C16H18Cl2N2O4/c1-2-24-16(23)10-5-7-20(8-6-10)15(22)14(21)19-13-9-11(17)3-4-12(13)18/h3-4,9-10H,2,5-8H2,1H3,(H,19,21). The average molecular weight is 373 g/mol. The fourth-order valence-electron chi connectivity index (χ4n) is 2.49. The lowest BCUT2D eigenvalue weighted by molar-refractivity contribution is -0.152. The number of halogens is 2. The van der Waals surface area contributed by atoms with Gasteiger partial charge >= 0.3 is 17.8 Å². The molecule has 0 saturated carbocycles. The van der Waals surface area contributed by atoms with E-state index in [0.717, 1.165) is 0 Å². The number of piperidine rings is 1. The van der Waals surface area contributed by atoms with E-state index in [1.54, 1.807) is 13.0 Å². The summed E-state index contributed by atoms with van der Waals surface area (Å²) in [6, 6.07) is 4.60. The maximum atomic E-state index is 12.2. The van der Waals surface area contributed by atoms with Gasteiger partial charge < -0.3 is 15.0 Å². The first kappa shape index (κ1) is 18.5. The summed E-state index contributed by atoms with van der Waals surface area (Å²) in [5, 5.41) is 3.16. The molecule has 0 unspecified atom stereocenters. The molecule has 0 bridgehead atoms. The number of anilines is 1. The van der Waals surface area contributed by atoms with E-state index in [1.165, 1.54) is 17.0 Å². The van der Waals surface area contributed by atoms with Gasteiger partial charge in [0.1, 0.15) is 0 Å². The SMILES string of the molecule is CCOC(=O)C1CCN(C(=O)C(=O)Nc2cc(Cl)ccc2Cl)CC1. The van der Waals surface area contributed by atoms with Crippen molar-refractivity contribution < 1.29 is 19.1 Å². The molecule has 2 amide bonds. The quantitative estimate of drug-likeness (QED) is 0.653. The van der Waals surface area contributed by atoms with Crippen molar-refractivity contribution in [2.24, 2.45) is 5.92 Å². The molecule has 1 N–H and O–H groups in total. The summed E-state index contributed by atoms with van der Waals surface area (Å²) in [7, 11) is 0. The number of benzene rings is 1. The van der Waals surface area contributed by atoms with Gasteiger partial charge in [0.25, 0.3) is 0 Å². The summed E-state index contributed by atoms with van der Waals surface area (Å²) >= 11 is 11.8. The molecule has 0 spiro atoms. The van der Waals surface area contributed by atoms with E-state index in [2.05, 4.69) is 5.32 Å². The summed E-state index contributed by atoms with van der Waals surface area (Å²) in [6.07, 6.45) is 0.964. The molecule has 1 heterocycles. The highest BCUT2D eigenvalue weighted by atomic mass is 35.5. The second-order valence-corrected chi connectivity index (χ2v) is 6.24. The van der Waals surface area contributed by atoms with Crippen LogP contribution in [0.1, 0.15) is 19.8 Å². The van der Waals surface area contributed by atoms with Crippen LogP contribution in [0.2, 0.25) is 10.0 Å². The Morgan fingerprint density at radius 3 is 2.54 bits per heavy atom. The molecule has 130 valence electrons. The van der Waals surface area contributed by atoms with Gasteiger partial charge in [-0.05, 0) is 38.0 Å². The zero-order valence-electron chi connectivity index (χ0n) is 13.2. The second kappa shape index (κ2) is 8.35. The summed E-state index contributed by atoms with van der Waals surface area (Å²) in [5.74, 6) is -1.92. The minimum Gasteiger partial charge on any atom is -0.466 e. The van der Waals surface area contributed by atoms with Gasteiger partial charge in [0, 0.05) is 18.1 Å². The number of nitrogens with one attached hydrogen (secondary N) is 1. The first-order valence-corrected chi connectivity index (χ1v) is 8.40. The summed E-state index contributed by atoms with van der Waals surface area (Å²) < 4.78 is 4.98. The number of esters is 1. The van der Waals surface area contributed by atoms with E-state index in [1.807, 2.05) is 0 Å². The van der Waals surface area contributed by atoms with Crippen molar-refractivity contribution in [3.8, 4) is 0 Å². The number of nitrogens with zero attached hydrogens (tertiary/aromatic N) is 1. The Morgan fingerprint density at radius 2 is 1.92 bits per heavy atom. The highest BCUT2D eigenvalue weighted by molar-refractivity contribution is 6.42. The van der Waals surface area contributed by atoms with Gasteiger partial charge in [0.05, 0.1) is 23.2 Å². The van der Waals surface area contributed by atoms with Crippen LogP contribution in [0.25, 0.3) is 0 Å². The van der Waals surface area contributed by atoms with E-state index in [-0.39, 0.29) is 17.6 Å². The van der Waals surface area contributed by atoms with Crippen LogP contribution in [0.5, 0.6) is 0 Å². The van der Waals surface area contributed by atoms with Gasteiger partial charge in [-0.15, -0.1) is 0 Å². The third-order valence-corrected chi connectivity index (χ3v) is 4.34. The normalized spacial score (nSPS) is 15.0. The lowest BCUT2D eigenvalue weighted by Gasteiger charge is -2.30. The molecule has 1 aliphatic rings. The van der Waals surface area contributed by atoms with Crippen LogP contribution in [-0.2, 0) is 19.1 Å². The fraction of sp³-hybridized carbons (Fsp3) is 0.438. The van der Waals surface area contributed by atoms with E-state index in [9.17, 15) is 14.4 Å². The monoisotopic (exact) mass is 372 g/mol. The van der Waals surface area contributed by atoms with Crippen molar-refractivity contribution in [2.75, 3.05) is 25.0 Å². The molecule has 2 rings (SSSR count). The number of carbonyl (C=O) groups excluding carboxylic acids is 3. The van der Waals surface area contributed by atoms with Crippen molar-refractivity contribution in [2.45, 2.75) is 19.8 Å². The molecule has 8 heteroatoms. The molecule has 24 heavy (non-hydrogen) atoms. The number of hydrogen-bond acceptors (Lipinski definition) is 4. The molecule has 1 saturated heterocycles. The number of carbonyl (C=O) groups is 3. The molecule has 0 atom stereocenters. The smallest absolute Gasteiger partial charge is 0.313 e. The minimum absolute atomic E-state index is 0.223. The lowest BCUT2D eigenvalue weighted by atomic mass is 9.97. The summed E-state index contributed by atoms with van der Waals surface area (Å²) in [5.41, 5.74) is 0.281. The Labute approximate surface area is 150 Å². The number of ether oxygens (including phenoxy) is 1. The molecule has 1 aromatic rings. The van der Waals surface area contributed by atoms with Gasteiger partial charge in [-0.2, -0.15) is 0 Å². The van der Waals surface area contributed by atoms with Crippen molar-refractivity contribution in [3.63, 3.8) is 0 Å². The highest BCUT2D eigenvalue weighted by Gasteiger charge is 2.30. The summed E-state index contributed by atoms with van der Waals surface area (Å²) in [6.45, 7) is 2.75. The molecular formula is C16H18Cl2N2O4. The van der Waals surface area contributed by atoms with E-state index in [0.29, 0.717) is 42.6 Å². The van der Waals surface area contributed by atoms with E-state index in [4.69, 9.17) is 27.9 Å². The number of rotatable bonds is 3. The maximum absolute atomic E-state index is 12.2. The van der Waals surface area contributed by atoms with Crippen molar-refractivity contribution >= 4 is 46.7 Å².